The van der Waals surface area contributed by atoms with Crippen LogP contribution >= 0.6 is 0 Å². The largest absolute Gasteiger partial charge is 2.00 e. The van der Waals surface area contributed by atoms with E-state index in [4.69, 9.17) is 0 Å². The van der Waals surface area contributed by atoms with Crippen LogP contribution in [0.25, 0.3) is 21.5 Å². The second-order valence-corrected chi connectivity index (χ2v) is 21.2. The summed E-state index contributed by atoms with van der Waals surface area (Å²) in [4.78, 5) is 0.00640. The Bertz CT molecular complexity index is 1960. The average molecular weight is 985 g/mol. The number of fused-ring (bicyclic) bond motifs is 2. The Morgan fingerprint density at radius 3 is 0.877 bits per heavy atom. The molecule has 9 heteroatoms. The molecule has 0 bridgehead atoms. The molecular formula is C56H86O6S2Zn. The van der Waals surface area contributed by atoms with Gasteiger partial charge in [-0.2, -0.15) is 0 Å². The Balaban J connectivity index is 0.000000440. The second-order valence-electron chi connectivity index (χ2n) is 18.6. The predicted molar refractivity (Wildman–Crippen MR) is 271 cm³/mol. The molecule has 360 valence electrons. The summed E-state index contributed by atoms with van der Waals surface area (Å²) in [6.07, 6.45) is 37.6. The van der Waals surface area contributed by atoms with Crippen LogP contribution in [0.4, 0.5) is 0 Å². The molecule has 0 heterocycles. The van der Waals surface area contributed by atoms with Crippen LogP contribution in [0.15, 0.2) is 70.5 Å². The van der Waals surface area contributed by atoms with Crippen LogP contribution in [0.1, 0.15) is 230 Å². The monoisotopic (exact) mass is 983 g/mol. The van der Waals surface area contributed by atoms with Crippen molar-refractivity contribution in [1.29, 1.82) is 0 Å². The molecular weight excluding hydrogens is 898 g/mol. The summed E-state index contributed by atoms with van der Waals surface area (Å²) in [5.74, 6) is 0. The first-order valence-corrected chi connectivity index (χ1v) is 28.8. The van der Waals surface area contributed by atoms with Crippen LogP contribution < -0.4 is 0 Å². The second kappa shape index (κ2) is 34.2. The maximum Gasteiger partial charge on any atom is 2.00 e. The molecule has 4 aromatic rings. The Hall–Kier alpha value is -2.16. The first kappa shape index (κ1) is 59.0. The zero-order valence-corrected chi connectivity index (χ0v) is 46.0. The van der Waals surface area contributed by atoms with Gasteiger partial charge >= 0.3 is 19.5 Å². The van der Waals surface area contributed by atoms with Gasteiger partial charge in [-0.1, -0.05) is 242 Å². The van der Waals surface area contributed by atoms with Crippen molar-refractivity contribution >= 4 is 41.8 Å². The van der Waals surface area contributed by atoms with Gasteiger partial charge in [0.1, 0.15) is 20.2 Å². The van der Waals surface area contributed by atoms with Crippen LogP contribution in [0.3, 0.4) is 0 Å². The van der Waals surface area contributed by atoms with E-state index in [9.17, 15) is 25.9 Å². The van der Waals surface area contributed by atoms with Crippen molar-refractivity contribution in [2.75, 3.05) is 0 Å². The molecule has 0 atom stereocenters. The average Bonchev–Trinajstić information content (AvgIpc) is 3.26. The first-order chi connectivity index (χ1) is 30.9. The van der Waals surface area contributed by atoms with Gasteiger partial charge in [-0.05, 0) is 95.2 Å². The minimum atomic E-state index is -4.51. The van der Waals surface area contributed by atoms with Gasteiger partial charge in [0.05, 0.1) is 9.79 Å². The summed E-state index contributed by atoms with van der Waals surface area (Å²) in [5, 5.41) is 2.90. The number of rotatable bonds is 34. The first-order valence-electron chi connectivity index (χ1n) is 25.9. The maximum absolute atomic E-state index is 12.1. The van der Waals surface area contributed by atoms with Crippen molar-refractivity contribution in [3.8, 4) is 0 Å². The number of unbranched alkanes of at least 4 members (excludes halogenated alkanes) is 24. The molecule has 0 unspecified atom stereocenters. The van der Waals surface area contributed by atoms with Crippen molar-refractivity contribution in [3.05, 3.63) is 82.9 Å². The van der Waals surface area contributed by atoms with Crippen molar-refractivity contribution < 1.29 is 45.4 Å². The molecule has 0 amide bonds. The SMILES string of the molecule is CCCCCCCCCc1ccc2c(S(=O)(=O)[O-])c(CCCCCCCCC)ccc2c1.CCCCCCCCCc1ccc2c(S(=O)(=O)[O-])c(CCCCCCCCC)ccc2c1.[Zn+2]. The molecule has 0 saturated heterocycles. The number of hydrogen-bond acceptors (Lipinski definition) is 6. The predicted octanol–water partition coefficient (Wildman–Crippen LogP) is 16.7. The molecule has 65 heavy (non-hydrogen) atoms. The van der Waals surface area contributed by atoms with Crippen molar-refractivity contribution in [1.82, 2.24) is 0 Å². The third-order valence-corrected chi connectivity index (χ3v) is 14.9. The van der Waals surface area contributed by atoms with Gasteiger partial charge in [-0.3, -0.25) is 0 Å². The molecule has 0 aromatic heterocycles. The smallest absolute Gasteiger partial charge is 0.744 e. The zero-order valence-electron chi connectivity index (χ0n) is 41.4. The van der Waals surface area contributed by atoms with E-state index < -0.39 is 20.2 Å². The minimum absolute atomic E-state index is 0. The summed E-state index contributed by atoms with van der Waals surface area (Å²) < 4.78 is 72.7. The number of benzene rings is 4. The molecule has 0 radical (unpaired) electrons. The number of hydrogen-bond donors (Lipinski definition) is 0. The van der Waals surface area contributed by atoms with Crippen LogP contribution in [-0.2, 0) is 65.4 Å². The third-order valence-electron chi connectivity index (χ3n) is 13.0. The van der Waals surface area contributed by atoms with Crippen molar-refractivity contribution in [2.24, 2.45) is 0 Å². The van der Waals surface area contributed by atoms with Crippen molar-refractivity contribution in [3.63, 3.8) is 0 Å². The van der Waals surface area contributed by atoms with E-state index in [2.05, 4.69) is 39.8 Å². The normalized spacial score (nSPS) is 11.8. The zero-order chi connectivity index (χ0) is 46.5. The minimum Gasteiger partial charge on any atom is -0.744 e. The fourth-order valence-electron chi connectivity index (χ4n) is 9.20. The van der Waals surface area contributed by atoms with Crippen LogP contribution in [0, 0.1) is 0 Å². The Kier molecular flexibility index (Phi) is 31.0. The van der Waals surface area contributed by atoms with E-state index in [1.165, 1.54) is 152 Å². The molecule has 4 aromatic carbocycles. The molecule has 0 aliphatic heterocycles. The molecule has 0 saturated carbocycles. The summed E-state index contributed by atoms with van der Waals surface area (Å²) in [6, 6.07) is 19.6. The van der Waals surface area contributed by atoms with E-state index in [0.29, 0.717) is 34.7 Å². The van der Waals surface area contributed by atoms with E-state index in [1.54, 1.807) is 0 Å². The maximum atomic E-state index is 12.1. The van der Waals surface area contributed by atoms with Gasteiger partial charge in [0.15, 0.2) is 0 Å². The molecule has 6 nitrogen and oxygen atoms in total. The molecule has 0 N–H and O–H groups in total. The van der Waals surface area contributed by atoms with Crippen LogP contribution in [0.2, 0.25) is 0 Å². The fourth-order valence-corrected chi connectivity index (χ4v) is 11.1. The molecule has 0 aliphatic carbocycles. The van der Waals surface area contributed by atoms with Gasteiger partial charge in [0.25, 0.3) is 0 Å². The molecule has 0 fully saturated rings. The molecule has 0 spiro atoms. The Morgan fingerprint density at radius 2 is 0.600 bits per heavy atom. The van der Waals surface area contributed by atoms with Crippen LogP contribution in [0.5, 0.6) is 0 Å². The number of aryl methyl sites for hydroxylation is 4. The Labute approximate surface area is 410 Å². The summed E-state index contributed by atoms with van der Waals surface area (Å²) in [5.41, 5.74) is 3.81. The summed E-state index contributed by atoms with van der Waals surface area (Å²) in [7, 11) is -9.02. The van der Waals surface area contributed by atoms with Gasteiger partial charge in [-0.15, -0.1) is 0 Å². The standard InChI is InChI=1S/2C28H44O3S.Zn/c2*1-3-5-7-9-11-13-15-17-24-19-22-27-26(23-24)21-20-25(28(27)32(29,30)31)18-16-14-12-10-8-6-4-2;/h2*19-23H,3-18H2,1-2H3,(H,29,30,31);/q;;+2/p-2. The van der Waals surface area contributed by atoms with Crippen LogP contribution in [-0.4, -0.2) is 25.9 Å². The van der Waals surface area contributed by atoms with E-state index >= 15 is 0 Å². The summed E-state index contributed by atoms with van der Waals surface area (Å²) >= 11 is 0. The van der Waals surface area contributed by atoms with Gasteiger partial charge in [0.2, 0.25) is 0 Å². The van der Waals surface area contributed by atoms with Gasteiger partial charge in [0, 0.05) is 0 Å². The van der Waals surface area contributed by atoms with Gasteiger partial charge < -0.3 is 9.11 Å². The Morgan fingerprint density at radius 1 is 0.338 bits per heavy atom. The molecule has 0 aliphatic rings. The third kappa shape index (κ3) is 23.1. The van der Waals surface area contributed by atoms with E-state index in [0.717, 1.165) is 62.1 Å². The quantitative estimate of drug-likeness (QED) is 0.0262. The molecule has 4 rings (SSSR count). The van der Waals surface area contributed by atoms with E-state index in [-0.39, 0.29) is 29.3 Å². The summed E-state index contributed by atoms with van der Waals surface area (Å²) in [6.45, 7) is 8.90. The van der Waals surface area contributed by atoms with E-state index in [1.807, 2.05) is 48.5 Å². The topological polar surface area (TPSA) is 114 Å². The van der Waals surface area contributed by atoms with Gasteiger partial charge in [-0.25, -0.2) is 16.8 Å². The van der Waals surface area contributed by atoms with Crippen molar-refractivity contribution in [2.45, 2.75) is 243 Å². The fraction of sp³-hybridized carbons (Fsp3) is 0.643.